The number of hydrogen-bond donors (Lipinski definition) is 2. The minimum Gasteiger partial charge on any atom is -0.326 e. The van der Waals surface area contributed by atoms with Gasteiger partial charge in [-0.2, -0.15) is 0 Å². The molecular formula is C12H15N3O5S. The van der Waals surface area contributed by atoms with Gasteiger partial charge in [0.25, 0.3) is 0 Å². The van der Waals surface area contributed by atoms with Gasteiger partial charge in [-0.3, -0.25) is 19.6 Å². The first-order valence-electron chi connectivity index (χ1n) is 6.20. The molecule has 0 unspecified atom stereocenters. The van der Waals surface area contributed by atoms with Gasteiger partial charge in [0.15, 0.2) is 0 Å². The van der Waals surface area contributed by atoms with Crippen LogP contribution >= 0.6 is 0 Å². The van der Waals surface area contributed by atoms with Gasteiger partial charge in [-0.1, -0.05) is 6.07 Å². The van der Waals surface area contributed by atoms with Crippen molar-refractivity contribution in [2.75, 3.05) is 16.3 Å². The Morgan fingerprint density at radius 3 is 2.62 bits per heavy atom. The first-order valence-corrected chi connectivity index (χ1v) is 8.09. The lowest BCUT2D eigenvalue weighted by Gasteiger charge is -2.10. The van der Waals surface area contributed by atoms with E-state index in [2.05, 4.69) is 10.0 Å². The summed E-state index contributed by atoms with van der Waals surface area (Å²) >= 11 is 0. The van der Waals surface area contributed by atoms with Crippen molar-refractivity contribution in [3.63, 3.8) is 0 Å². The van der Waals surface area contributed by atoms with Gasteiger partial charge >= 0.3 is 0 Å². The van der Waals surface area contributed by atoms with Crippen LogP contribution in [-0.2, 0) is 14.8 Å². The second-order valence-corrected chi connectivity index (χ2v) is 6.84. The van der Waals surface area contributed by atoms with Crippen molar-refractivity contribution in [2.45, 2.75) is 19.4 Å². The van der Waals surface area contributed by atoms with E-state index < -0.39 is 32.8 Å². The van der Waals surface area contributed by atoms with Crippen LogP contribution in [0.4, 0.5) is 11.4 Å². The van der Waals surface area contributed by atoms with Gasteiger partial charge < -0.3 is 5.32 Å². The molecule has 114 valence electrons. The summed E-state index contributed by atoms with van der Waals surface area (Å²) in [6.45, 7) is 1.72. The fourth-order valence-electron chi connectivity index (χ4n) is 1.94. The Kier molecular flexibility index (Phi) is 3.86. The number of hydrogen-bond acceptors (Lipinski definition) is 5. The van der Waals surface area contributed by atoms with Gasteiger partial charge in [0.1, 0.15) is 5.92 Å². The van der Waals surface area contributed by atoms with Crippen molar-refractivity contribution in [3.05, 3.63) is 33.9 Å². The summed E-state index contributed by atoms with van der Waals surface area (Å²) in [4.78, 5) is 21.9. The van der Waals surface area contributed by atoms with Crippen molar-refractivity contribution in [1.82, 2.24) is 0 Å². The summed E-state index contributed by atoms with van der Waals surface area (Å²) in [6, 6.07) is 3.94. The molecule has 0 bridgehead atoms. The van der Waals surface area contributed by atoms with E-state index in [1.165, 1.54) is 6.07 Å². The van der Waals surface area contributed by atoms with Crippen molar-refractivity contribution in [2.24, 2.45) is 5.92 Å². The molecule has 0 spiro atoms. The molecule has 1 saturated carbocycles. The zero-order chi connectivity index (χ0) is 15.8. The zero-order valence-corrected chi connectivity index (χ0v) is 12.3. The molecule has 1 amide bonds. The predicted octanol–water partition coefficient (Wildman–Crippen LogP) is 0.970. The monoisotopic (exact) mass is 313 g/mol. The Balaban J connectivity index is 2.09. The number of sulfonamides is 1. The number of rotatable bonds is 5. The Morgan fingerprint density at radius 2 is 2.10 bits per heavy atom. The molecule has 1 aliphatic carbocycles. The van der Waals surface area contributed by atoms with E-state index in [-0.39, 0.29) is 6.42 Å². The molecule has 8 nitrogen and oxygen atoms in total. The molecule has 21 heavy (non-hydrogen) atoms. The molecule has 9 heteroatoms. The van der Waals surface area contributed by atoms with E-state index in [0.717, 1.165) is 6.26 Å². The molecule has 1 aliphatic rings. The van der Waals surface area contributed by atoms with Gasteiger partial charge in [-0.25, -0.2) is 8.42 Å². The lowest BCUT2D eigenvalue weighted by Crippen LogP contribution is -2.18. The topological polar surface area (TPSA) is 118 Å². The van der Waals surface area contributed by atoms with Crippen LogP contribution in [0.25, 0.3) is 0 Å². The Labute approximate surface area is 121 Å². The summed E-state index contributed by atoms with van der Waals surface area (Å²) in [5, 5.41) is 13.1. The molecule has 2 atom stereocenters. The summed E-state index contributed by atoms with van der Waals surface area (Å²) in [7, 11) is -3.42. The largest absolute Gasteiger partial charge is 0.326 e. The molecule has 1 aromatic rings. The van der Waals surface area contributed by atoms with E-state index in [0.29, 0.717) is 16.9 Å². The maximum atomic E-state index is 11.8. The van der Waals surface area contributed by atoms with Crippen LogP contribution in [0.3, 0.4) is 0 Å². The highest BCUT2D eigenvalue weighted by Gasteiger charge is 2.53. The zero-order valence-electron chi connectivity index (χ0n) is 11.5. The Morgan fingerprint density at radius 1 is 1.43 bits per heavy atom. The number of anilines is 2. The number of nitro groups is 1. The van der Waals surface area contributed by atoms with E-state index in [1.807, 2.05) is 0 Å². The second-order valence-electron chi connectivity index (χ2n) is 5.09. The lowest BCUT2D eigenvalue weighted by atomic mass is 10.2. The number of amides is 1. The highest BCUT2D eigenvalue weighted by molar-refractivity contribution is 7.92. The number of aryl methyl sites for hydroxylation is 1. The molecule has 2 N–H and O–H groups in total. The minimum atomic E-state index is -3.42. The smallest absolute Gasteiger partial charge is 0.234 e. The third kappa shape index (κ3) is 3.91. The number of nitrogens with zero attached hydrogens (tertiary/aromatic N) is 1. The first-order chi connectivity index (χ1) is 9.67. The van der Waals surface area contributed by atoms with Crippen LogP contribution in [0.15, 0.2) is 18.2 Å². The van der Waals surface area contributed by atoms with Crippen LogP contribution in [0, 0.1) is 23.0 Å². The molecular weight excluding hydrogens is 298 g/mol. The van der Waals surface area contributed by atoms with Crippen molar-refractivity contribution in [1.29, 1.82) is 0 Å². The number of carbonyl (C=O) groups excluding carboxylic acids is 1. The van der Waals surface area contributed by atoms with Crippen molar-refractivity contribution in [3.8, 4) is 0 Å². The van der Waals surface area contributed by atoms with Crippen LogP contribution in [0.1, 0.15) is 12.0 Å². The molecule has 1 aromatic carbocycles. The maximum absolute atomic E-state index is 11.8. The van der Waals surface area contributed by atoms with Crippen LogP contribution in [-0.4, -0.2) is 31.5 Å². The predicted molar refractivity (Wildman–Crippen MR) is 77.2 cm³/mol. The average molecular weight is 313 g/mol. The number of nitrogens with one attached hydrogen (secondary N) is 2. The summed E-state index contributed by atoms with van der Waals surface area (Å²) < 4.78 is 24.8. The van der Waals surface area contributed by atoms with Crippen LogP contribution in [0.2, 0.25) is 0 Å². The average Bonchev–Trinajstić information content (AvgIpc) is 3.11. The first kappa shape index (κ1) is 15.2. The van der Waals surface area contributed by atoms with Gasteiger partial charge in [0.05, 0.1) is 11.9 Å². The summed E-state index contributed by atoms with van der Waals surface area (Å²) in [5.74, 6) is -1.04. The van der Waals surface area contributed by atoms with E-state index in [1.54, 1.807) is 19.1 Å². The molecule has 1 fully saturated rings. The van der Waals surface area contributed by atoms with Gasteiger partial charge in [-0.05, 0) is 24.6 Å². The van der Waals surface area contributed by atoms with Crippen molar-refractivity contribution >= 4 is 27.3 Å². The molecule has 0 aromatic heterocycles. The van der Waals surface area contributed by atoms with E-state index >= 15 is 0 Å². The highest BCUT2D eigenvalue weighted by Crippen LogP contribution is 2.34. The van der Waals surface area contributed by atoms with Gasteiger partial charge in [0.2, 0.25) is 22.0 Å². The molecule has 0 heterocycles. The number of carbonyl (C=O) groups is 1. The third-order valence-corrected chi connectivity index (χ3v) is 3.76. The van der Waals surface area contributed by atoms with E-state index in [9.17, 15) is 23.3 Å². The lowest BCUT2D eigenvalue weighted by molar-refractivity contribution is -0.497. The standard InChI is InChI=1S/C12H15N3O5S/c1-7-3-4-8(5-10(7)14-21(2,19)20)13-12(16)9-6-11(9)15(17)18/h3-5,9,11,14H,6H2,1-2H3,(H,13,16)/t9-,11+/m0/s1. The Hall–Kier alpha value is -2.16. The minimum absolute atomic E-state index is 0.235. The molecule has 0 aliphatic heterocycles. The molecule has 2 rings (SSSR count). The van der Waals surface area contributed by atoms with Gasteiger partial charge in [-0.15, -0.1) is 0 Å². The Bertz CT molecular complexity index is 701. The maximum Gasteiger partial charge on any atom is 0.234 e. The van der Waals surface area contributed by atoms with Crippen LogP contribution < -0.4 is 10.0 Å². The summed E-state index contributed by atoms with van der Waals surface area (Å²) in [5.41, 5.74) is 1.45. The fraction of sp³-hybridized carbons (Fsp3) is 0.417. The fourth-order valence-corrected chi connectivity index (χ4v) is 2.56. The second kappa shape index (κ2) is 5.32. The third-order valence-electron chi connectivity index (χ3n) is 3.16. The SMILES string of the molecule is Cc1ccc(NC(=O)[C@H]2C[C@H]2[N+](=O)[O-])cc1NS(C)(=O)=O. The quantitative estimate of drug-likeness (QED) is 0.620. The molecule has 0 radical (unpaired) electrons. The normalized spacial score (nSPS) is 20.7. The summed E-state index contributed by atoms with van der Waals surface area (Å²) in [6.07, 6.45) is 1.27. The molecule has 0 saturated heterocycles. The van der Waals surface area contributed by atoms with Gasteiger partial charge in [0, 0.05) is 17.0 Å². The van der Waals surface area contributed by atoms with Crippen molar-refractivity contribution < 1.29 is 18.1 Å². The number of benzene rings is 1. The van der Waals surface area contributed by atoms with E-state index in [4.69, 9.17) is 0 Å². The highest BCUT2D eigenvalue weighted by atomic mass is 32.2. The van der Waals surface area contributed by atoms with Crippen LogP contribution in [0.5, 0.6) is 0 Å².